The monoisotopic (exact) mass is 305 g/mol. The first-order chi connectivity index (χ1) is 10.6. The first-order valence-electron chi connectivity index (χ1n) is 8.67. The standard InChI is InChI=1S/C19H31NO2/c1-5-10-22-19-15(3)11-14(2)12-17(19)18(16(4)13-21)20-8-6-7-9-20/h11-12,16,18,21H,5-10,13H2,1-4H3. The van der Waals surface area contributed by atoms with Crippen molar-refractivity contribution in [2.75, 3.05) is 26.3 Å². The summed E-state index contributed by atoms with van der Waals surface area (Å²) >= 11 is 0. The number of nitrogens with zero attached hydrogens (tertiary/aromatic N) is 1. The van der Waals surface area contributed by atoms with Crippen molar-refractivity contribution in [3.63, 3.8) is 0 Å². The molecule has 0 amide bonds. The lowest BCUT2D eigenvalue weighted by molar-refractivity contribution is 0.123. The van der Waals surface area contributed by atoms with Crippen molar-refractivity contribution in [1.29, 1.82) is 0 Å². The third-order valence-electron chi connectivity index (χ3n) is 4.58. The SMILES string of the molecule is CCCOc1c(C)cc(C)cc1C(C(C)CO)N1CCCC1. The molecule has 0 spiro atoms. The number of likely N-dealkylation sites (tertiary alicyclic amines) is 1. The summed E-state index contributed by atoms with van der Waals surface area (Å²) in [4.78, 5) is 2.52. The highest BCUT2D eigenvalue weighted by Crippen LogP contribution is 2.39. The minimum absolute atomic E-state index is 0.210. The summed E-state index contributed by atoms with van der Waals surface area (Å²) in [6.45, 7) is 11.8. The molecule has 1 N–H and O–H groups in total. The molecule has 124 valence electrons. The Morgan fingerprint density at radius 3 is 2.50 bits per heavy atom. The van der Waals surface area contributed by atoms with Gasteiger partial charge in [-0.15, -0.1) is 0 Å². The molecule has 1 fully saturated rings. The largest absolute Gasteiger partial charge is 0.493 e. The summed E-state index contributed by atoms with van der Waals surface area (Å²) in [5, 5.41) is 9.76. The van der Waals surface area contributed by atoms with Crippen LogP contribution in [0.2, 0.25) is 0 Å². The van der Waals surface area contributed by atoms with Crippen LogP contribution in [0.1, 0.15) is 55.8 Å². The highest BCUT2D eigenvalue weighted by Gasteiger charge is 2.31. The van der Waals surface area contributed by atoms with Crippen LogP contribution in [-0.4, -0.2) is 36.3 Å². The van der Waals surface area contributed by atoms with E-state index in [2.05, 4.69) is 44.7 Å². The average molecular weight is 305 g/mol. The molecule has 2 rings (SSSR count). The fourth-order valence-electron chi connectivity index (χ4n) is 3.59. The second-order valence-electron chi connectivity index (χ2n) is 6.70. The van der Waals surface area contributed by atoms with Gasteiger partial charge in [-0.2, -0.15) is 0 Å². The summed E-state index contributed by atoms with van der Waals surface area (Å²) in [7, 11) is 0. The van der Waals surface area contributed by atoms with Crippen LogP contribution in [0.3, 0.4) is 0 Å². The quantitative estimate of drug-likeness (QED) is 0.830. The molecule has 1 saturated heterocycles. The fraction of sp³-hybridized carbons (Fsp3) is 0.684. The van der Waals surface area contributed by atoms with Crippen LogP contribution in [0.4, 0.5) is 0 Å². The van der Waals surface area contributed by atoms with E-state index in [1.165, 1.54) is 29.5 Å². The van der Waals surface area contributed by atoms with Crippen molar-refractivity contribution in [2.24, 2.45) is 5.92 Å². The van der Waals surface area contributed by atoms with Crippen molar-refractivity contribution >= 4 is 0 Å². The second-order valence-corrected chi connectivity index (χ2v) is 6.70. The third-order valence-corrected chi connectivity index (χ3v) is 4.58. The van der Waals surface area contributed by atoms with E-state index >= 15 is 0 Å². The maximum atomic E-state index is 9.76. The molecule has 1 aromatic carbocycles. The van der Waals surface area contributed by atoms with E-state index in [-0.39, 0.29) is 18.6 Å². The predicted octanol–water partition coefficient (Wildman–Crippen LogP) is 3.86. The molecule has 1 aliphatic rings. The van der Waals surface area contributed by atoms with Gasteiger partial charge in [0, 0.05) is 18.2 Å². The van der Waals surface area contributed by atoms with E-state index in [4.69, 9.17) is 4.74 Å². The van der Waals surface area contributed by atoms with Gasteiger partial charge >= 0.3 is 0 Å². The van der Waals surface area contributed by atoms with Crippen molar-refractivity contribution < 1.29 is 9.84 Å². The van der Waals surface area contributed by atoms with E-state index in [1.54, 1.807) is 0 Å². The Balaban J connectivity index is 2.43. The second kappa shape index (κ2) is 7.98. The van der Waals surface area contributed by atoms with Gasteiger partial charge in [0.1, 0.15) is 5.75 Å². The topological polar surface area (TPSA) is 32.7 Å². The van der Waals surface area contributed by atoms with Gasteiger partial charge in [0.15, 0.2) is 0 Å². The molecular formula is C19H31NO2. The number of hydrogen-bond donors (Lipinski definition) is 1. The van der Waals surface area contributed by atoms with E-state index in [9.17, 15) is 5.11 Å². The Kier molecular flexibility index (Phi) is 6.27. The molecule has 1 aromatic rings. The molecule has 22 heavy (non-hydrogen) atoms. The Hall–Kier alpha value is -1.06. The summed E-state index contributed by atoms with van der Waals surface area (Å²) in [6, 6.07) is 4.70. The van der Waals surface area contributed by atoms with Crippen LogP contribution in [0.15, 0.2) is 12.1 Å². The molecule has 1 aliphatic heterocycles. The number of aliphatic hydroxyl groups is 1. The summed E-state index contributed by atoms with van der Waals surface area (Å²) in [6.07, 6.45) is 3.52. The number of ether oxygens (including phenoxy) is 1. The summed E-state index contributed by atoms with van der Waals surface area (Å²) < 4.78 is 6.10. The molecular weight excluding hydrogens is 274 g/mol. The first kappa shape index (κ1) is 17.3. The molecule has 1 heterocycles. The molecule has 0 aromatic heterocycles. The lowest BCUT2D eigenvalue weighted by atomic mass is 9.90. The number of hydrogen-bond acceptors (Lipinski definition) is 3. The van der Waals surface area contributed by atoms with Crippen molar-refractivity contribution in [3.8, 4) is 5.75 Å². The van der Waals surface area contributed by atoms with Gasteiger partial charge < -0.3 is 9.84 Å². The summed E-state index contributed by atoms with van der Waals surface area (Å²) in [5.41, 5.74) is 3.73. The molecule has 2 unspecified atom stereocenters. The average Bonchev–Trinajstić information content (AvgIpc) is 3.00. The lowest BCUT2D eigenvalue weighted by Gasteiger charge is -2.34. The highest BCUT2D eigenvalue weighted by atomic mass is 16.5. The van der Waals surface area contributed by atoms with Crippen molar-refractivity contribution in [3.05, 3.63) is 28.8 Å². The normalized spacial score (nSPS) is 18.4. The fourth-order valence-corrected chi connectivity index (χ4v) is 3.59. The Labute approximate surface area is 135 Å². The first-order valence-corrected chi connectivity index (χ1v) is 8.67. The number of aliphatic hydroxyl groups excluding tert-OH is 1. The number of rotatable bonds is 7. The molecule has 0 saturated carbocycles. The maximum absolute atomic E-state index is 9.76. The zero-order valence-electron chi connectivity index (χ0n) is 14.6. The van der Waals surface area contributed by atoms with Crippen LogP contribution >= 0.6 is 0 Å². The minimum atomic E-state index is 0.210. The third kappa shape index (κ3) is 3.82. The minimum Gasteiger partial charge on any atom is -0.493 e. The van der Waals surface area contributed by atoms with Gasteiger partial charge in [0.25, 0.3) is 0 Å². The maximum Gasteiger partial charge on any atom is 0.127 e. The Bertz CT molecular complexity index is 481. The van der Waals surface area contributed by atoms with Crippen LogP contribution in [0.5, 0.6) is 5.75 Å². The van der Waals surface area contributed by atoms with Gasteiger partial charge in [-0.25, -0.2) is 0 Å². The van der Waals surface area contributed by atoms with Crippen LogP contribution in [0, 0.1) is 19.8 Å². The molecule has 3 nitrogen and oxygen atoms in total. The van der Waals surface area contributed by atoms with Gasteiger partial charge in [-0.3, -0.25) is 4.90 Å². The molecule has 3 heteroatoms. The number of benzene rings is 1. The van der Waals surface area contributed by atoms with Crippen LogP contribution < -0.4 is 4.74 Å². The molecule has 0 bridgehead atoms. The zero-order chi connectivity index (χ0) is 16.1. The summed E-state index contributed by atoms with van der Waals surface area (Å²) in [5.74, 6) is 1.24. The molecule has 0 radical (unpaired) electrons. The lowest BCUT2D eigenvalue weighted by Crippen LogP contribution is -2.32. The highest BCUT2D eigenvalue weighted by molar-refractivity contribution is 5.46. The Morgan fingerprint density at radius 1 is 1.23 bits per heavy atom. The van der Waals surface area contributed by atoms with E-state index in [1.807, 2.05) is 0 Å². The van der Waals surface area contributed by atoms with Gasteiger partial charge in [-0.1, -0.05) is 31.5 Å². The molecule has 0 aliphatic carbocycles. The van der Waals surface area contributed by atoms with Crippen molar-refractivity contribution in [1.82, 2.24) is 4.90 Å². The van der Waals surface area contributed by atoms with Crippen LogP contribution in [-0.2, 0) is 0 Å². The van der Waals surface area contributed by atoms with E-state index in [0.717, 1.165) is 31.9 Å². The van der Waals surface area contributed by atoms with Crippen molar-refractivity contribution in [2.45, 2.75) is 53.0 Å². The smallest absolute Gasteiger partial charge is 0.127 e. The Morgan fingerprint density at radius 2 is 1.91 bits per heavy atom. The molecule has 2 atom stereocenters. The van der Waals surface area contributed by atoms with Gasteiger partial charge in [0.2, 0.25) is 0 Å². The van der Waals surface area contributed by atoms with Crippen LogP contribution in [0.25, 0.3) is 0 Å². The van der Waals surface area contributed by atoms with Gasteiger partial charge in [0.05, 0.1) is 6.61 Å². The zero-order valence-corrected chi connectivity index (χ0v) is 14.6. The van der Waals surface area contributed by atoms with E-state index < -0.39 is 0 Å². The predicted molar refractivity (Wildman–Crippen MR) is 91.5 cm³/mol. The van der Waals surface area contributed by atoms with E-state index in [0.29, 0.717) is 0 Å². The van der Waals surface area contributed by atoms with Gasteiger partial charge in [-0.05, 0) is 57.7 Å². The number of aryl methyl sites for hydroxylation is 2.